The molecule has 1 aliphatic rings. The fraction of sp³-hybridized carbons (Fsp3) is 0.500. The highest BCUT2D eigenvalue weighted by Crippen LogP contribution is 2.30. The summed E-state index contributed by atoms with van der Waals surface area (Å²) < 4.78 is 19.4. The largest absolute Gasteiger partial charge is 0.486 e. The van der Waals surface area contributed by atoms with E-state index >= 15 is 0 Å². The number of ether oxygens (including phenoxy) is 1. The molecule has 2 nitrogen and oxygen atoms in total. The molecule has 0 bridgehead atoms. The van der Waals surface area contributed by atoms with Crippen LogP contribution in [-0.4, -0.2) is 17.3 Å². The second-order valence-corrected chi connectivity index (χ2v) is 4.94. The molecule has 88 valence electrons. The van der Waals surface area contributed by atoms with Gasteiger partial charge < -0.3 is 9.84 Å². The molecule has 1 aliphatic carbocycles. The molecular formula is C12H14BrFO2. The molecule has 4 heteroatoms. The third kappa shape index (κ3) is 2.74. The number of aliphatic hydroxyl groups is 1. The van der Waals surface area contributed by atoms with E-state index in [1.165, 1.54) is 12.1 Å². The minimum absolute atomic E-state index is 0.216. The van der Waals surface area contributed by atoms with Crippen molar-refractivity contribution in [2.45, 2.75) is 37.9 Å². The molecule has 1 aromatic carbocycles. The second-order valence-electron chi connectivity index (χ2n) is 4.08. The van der Waals surface area contributed by atoms with Gasteiger partial charge in [-0.05, 0) is 47.3 Å². The summed E-state index contributed by atoms with van der Waals surface area (Å²) in [4.78, 5) is 0. The number of benzene rings is 1. The fourth-order valence-electron chi connectivity index (χ4n) is 1.95. The average Bonchev–Trinajstić information content (AvgIpc) is 2.27. The maximum absolute atomic E-state index is 13.0. The van der Waals surface area contributed by atoms with Crippen LogP contribution in [-0.2, 0) is 0 Å². The van der Waals surface area contributed by atoms with Crippen LogP contribution in [0.4, 0.5) is 4.39 Å². The van der Waals surface area contributed by atoms with Crippen molar-refractivity contribution in [2.75, 3.05) is 0 Å². The molecule has 0 radical (unpaired) electrons. The Morgan fingerprint density at radius 3 is 2.81 bits per heavy atom. The summed E-state index contributed by atoms with van der Waals surface area (Å²) in [6, 6.07) is 4.32. The summed E-state index contributed by atoms with van der Waals surface area (Å²) in [6.45, 7) is 0. The van der Waals surface area contributed by atoms with E-state index < -0.39 is 6.10 Å². The Morgan fingerprint density at radius 1 is 1.31 bits per heavy atom. The lowest BCUT2D eigenvalue weighted by atomic mass is 9.95. The number of rotatable bonds is 2. The van der Waals surface area contributed by atoms with Gasteiger partial charge in [-0.15, -0.1) is 0 Å². The van der Waals surface area contributed by atoms with Crippen LogP contribution in [0.1, 0.15) is 25.7 Å². The maximum atomic E-state index is 13.0. The molecular weight excluding hydrogens is 275 g/mol. The third-order valence-electron chi connectivity index (χ3n) is 2.84. The Labute approximate surface area is 103 Å². The van der Waals surface area contributed by atoms with Gasteiger partial charge in [0.25, 0.3) is 0 Å². The van der Waals surface area contributed by atoms with Gasteiger partial charge >= 0.3 is 0 Å². The van der Waals surface area contributed by atoms with Crippen molar-refractivity contribution in [3.8, 4) is 5.75 Å². The van der Waals surface area contributed by atoms with Gasteiger partial charge in [-0.3, -0.25) is 0 Å². The quantitative estimate of drug-likeness (QED) is 0.905. The Bertz CT molecular complexity index is 370. The molecule has 0 amide bonds. The van der Waals surface area contributed by atoms with E-state index in [0.29, 0.717) is 10.2 Å². The number of hydrogen-bond donors (Lipinski definition) is 1. The van der Waals surface area contributed by atoms with Gasteiger partial charge in [-0.1, -0.05) is 6.42 Å². The summed E-state index contributed by atoms with van der Waals surface area (Å²) in [7, 11) is 0. The summed E-state index contributed by atoms with van der Waals surface area (Å²) in [6.07, 6.45) is 3.01. The fourth-order valence-corrected chi connectivity index (χ4v) is 2.29. The summed E-state index contributed by atoms with van der Waals surface area (Å²) in [5.41, 5.74) is 0. The van der Waals surface area contributed by atoms with Crippen LogP contribution in [0, 0.1) is 5.82 Å². The van der Waals surface area contributed by atoms with Crippen molar-refractivity contribution < 1.29 is 14.2 Å². The van der Waals surface area contributed by atoms with Gasteiger partial charge in [0.05, 0.1) is 10.6 Å². The zero-order chi connectivity index (χ0) is 11.5. The first kappa shape index (κ1) is 11.9. The van der Waals surface area contributed by atoms with Crippen LogP contribution in [0.2, 0.25) is 0 Å². The molecule has 2 unspecified atom stereocenters. The first-order chi connectivity index (χ1) is 7.66. The Morgan fingerprint density at radius 2 is 2.06 bits per heavy atom. The molecule has 0 saturated heterocycles. The molecule has 1 fully saturated rings. The lowest BCUT2D eigenvalue weighted by molar-refractivity contribution is 0.00634. The zero-order valence-corrected chi connectivity index (χ0v) is 10.4. The molecule has 1 N–H and O–H groups in total. The van der Waals surface area contributed by atoms with E-state index in [0.717, 1.165) is 25.7 Å². The predicted octanol–water partition coefficient (Wildman–Crippen LogP) is 3.27. The van der Waals surface area contributed by atoms with Crippen LogP contribution >= 0.6 is 15.9 Å². The average molecular weight is 289 g/mol. The van der Waals surface area contributed by atoms with Crippen LogP contribution in [0.5, 0.6) is 5.75 Å². The molecule has 0 aliphatic heterocycles. The Balaban J connectivity index is 2.10. The van der Waals surface area contributed by atoms with Crippen molar-refractivity contribution in [1.29, 1.82) is 0 Å². The standard InChI is InChI=1S/C12H14BrFO2/c13-9-6-5-8(14)7-12(9)16-11-4-2-1-3-10(11)15/h5-7,10-11,15H,1-4H2. The Kier molecular flexibility index (Phi) is 3.82. The third-order valence-corrected chi connectivity index (χ3v) is 3.49. The van der Waals surface area contributed by atoms with Crippen LogP contribution in [0.3, 0.4) is 0 Å². The smallest absolute Gasteiger partial charge is 0.136 e. The molecule has 0 heterocycles. The lowest BCUT2D eigenvalue weighted by Crippen LogP contribution is -2.34. The van der Waals surface area contributed by atoms with E-state index in [2.05, 4.69) is 15.9 Å². The van der Waals surface area contributed by atoms with Crippen LogP contribution < -0.4 is 4.74 Å². The van der Waals surface area contributed by atoms with Gasteiger partial charge in [0, 0.05) is 6.07 Å². The minimum atomic E-state index is -0.441. The van der Waals surface area contributed by atoms with Crippen LogP contribution in [0.15, 0.2) is 22.7 Å². The SMILES string of the molecule is OC1CCCCC1Oc1cc(F)ccc1Br. The van der Waals surface area contributed by atoms with Gasteiger partial charge in [0.15, 0.2) is 0 Å². The minimum Gasteiger partial charge on any atom is -0.486 e. The second kappa shape index (κ2) is 5.15. The van der Waals surface area contributed by atoms with Gasteiger partial charge in [0.2, 0.25) is 0 Å². The molecule has 16 heavy (non-hydrogen) atoms. The highest BCUT2D eigenvalue weighted by Gasteiger charge is 2.25. The van der Waals surface area contributed by atoms with E-state index in [4.69, 9.17) is 4.74 Å². The summed E-state index contributed by atoms with van der Waals surface area (Å²) in [5, 5.41) is 9.76. The number of halogens is 2. The monoisotopic (exact) mass is 288 g/mol. The van der Waals surface area contributed by atoms with E-state index in [-0.39, 0.29) is 11.9 Å². The summed E-state index contributed by atoms with van der Waals surface area (Å²) >= 11 is 3.30. The van der Waals surface area contributed by atoms with Gasteiger partial charge in [-0.25, -0.2) is 4.39 Å². The highest BCUT2D eigenvalue weighted by molar-refractivity contribution is 9.10. The lowest BCUT2D eigenvalue weighted by Gasteiger charge is -2.28. The molecule has 0 aromatic heterocycles. The summed E-state index contributed by atoms with van der Waals surface area (Å²) in [5.74, 6) is 0.134. The van der Waals surface area contributed by atoms with Gasteiger partial charge in [-0.2, -0.15) is 0 Å². The molecule has 1 aromatic rings. The highest BCUT2D eigenvalue weighted by atomic mass is 79.9. The van der Waals surface area contributed by atoms with E-state index in [9.17, 15) is 9.50 Å². The van der Waals surface area contributed by atoms with Crippen LogP contribution in [0.25, 0.3) is 0 Å². The molecule has 1 saturated carbocycles. The molecule has 2 atom stereocenters. The van der Waals surface area contributed by atoms with E-state index in [1.807, 2.05) is 0 Å². The number of aliphatic hydroxyl groups excluding tert-OH is 1. The predicted molar refractivity (Wildman–Crippen MR) is 63.0 cm³/mol. The zero-order valence-electron chi connectivity index (χ0n) is 8.83. The first-order valence-electron chi connectivity index (χ1n) is 5.46. The van der Waals surface area contributed by atoms with Gasteiger partial charge in [0.1, 0.15) is 17.7 Å². The van der Waals surface area contributed by atoms with E-state index in [1.54, 1.807) is 6.07 Å². The van der Waals surface area contributed by atoms with Crippen molar-refractivity contribution in [1.82, 2.24) is 0 Å². The maximum Gasteiger partial charge on any atom is 0.136 e. The molecule has 2 rings (SSSR count). The van der Waals surface area contributed by atoms with Crippen molar-refractivity contribution in [2.24, 2.45) is 0 Å². The number of hydrogen-bond acceptors (Lipinski definition) is 2. The normalized spacial score (nSPS) is 25.4. The topological polar surface area (TPSA) is 29.5 Å². The molecule has 0 spiro atoms. The first-order valence-corrected chi connectivity index (χ1v) is 6.26. The Hall–Kier alpha value is -0.610. The van der Waals surface area contributed by atoms with Crippen molar-refractivity contribution in [3.05, 3.63) is 28.5 Å². The van der Waals surface area contributed by atoms with Crippen molar-refractivity contribution >= 4 is 15.9 Å². The van der Waals surface area contributed by atoms with Crippen molar-refractivity contribution in [3.63, 3.8) is 0 Å².